The molecule has 0 spiro atoms. The van der Waals surface area contributed by atoms with Crippen LogP contribution in [0, 0.1) is 25.2 Å². The summed E-state index contributed by atoms with van der Waals surface area (Å²) in [4.78, 5) is 28.2. The van der Waals surface area contributed by atoms with Gasteiger partial charge in [-0.1, -0.05) is 29.8 Å². The van der Waals surface area contributed by atoms with Crippen LogP contribution in [0.3, 0.4) is 0 Å². The maximum Gasteiger partial charge on any atom is 0.282 e. The molecule has 0 unspecified atom stereocenters. The number of amides is 2. The number of hydrogen-bond donors (Lipinski definition) is 1. The minimum absolute atomic E-state index is 0.119. The third-order valence-electron chi connectivity index (χ3n) is 5.56. The highest BCUT2D eigenvalue weighted by molar-refractivity contribution is 6.46. The summed E-state index contributed by atoms with van der Waals surface area (Å²) in [6.45, 7) is 3.93. The number of hydrogen-bond acceptors (Lipinski definition) is 5. The molecule has 0 fully saturated rings. The highest BCUT2D eigenvalue weighted by atomic mass is 35.5. The SMILES string of the molecule is COc1ccc(Cl)cc1NC1=C(c2ccc(C)c(C)c2)C(=O)N(c2ccc(C#N)cc2)C1=O. The molecule has 3 aromatic carbocycles. The standard InChI is InChI=1S/C26H20ClN3O3/c1-15-4-7-18(12-16(15)2)23-24(29-21-13-19(27)8-11-22(21)33-3)26(32)30(25(23)31)20-9-5-17(14-28)6-10-20/h4-13,29H,1-3H3. The average molecular weight is 458 g/mol. The second-order valence-corrected chi connectivity index (χ2v) is 8.06. The van der Waals surface area contributed by atoms with Gasteiger partial charge in [0.1, 0.15) is 11.4 Å². The van der Waals surface area contributed by atoms with E-state index < -0.39 is 11.8 Å². The van der Waals surface area contributed by atoms with Crippen LogP contribution < -0.4 is 15.0 Å². The summed E-state index contributed by atoms with van der Waals surface area (Å²) >= 11 is 6.17. The number of imide groups is 1. The Morgan fingerprint density at radius 2 is 1.67 bits per heavy atom. The first-order valence-corrected chi connectivity index (χ1v) is 10.5. The number of halogens is 1. The number of aryl methyl sites for hydroxylation is 2. The molecule has 0 aromatic heterocycles. The molecule has 0 saturated heterocycles. The Morgan fingerprint density at radius 1 is 0.939 bits per heavy atom. The molecular formula is C26H20ClN3O3. The molecule has 4 rings (SSSR count). The second kappa shape index (κ2) is 8.81. The fraction of sp³-hybridized carbons (Fsp3) is 0.115. The predicted molar refractivity (Wildman–Crippen MR) is 128 cm³/mol. The van der Waals surface area contributed by atoms with Gasteiger partial charge in [-0.15, -0.1) is 0 Å². The fourth-order valence-electron chi connectivity index (χ4n) is 3.64. The van der Waals surface area contributed by atoms with Crippen LogP contribution in [0.5, 0.6) is 5.75 Å². The van der Waals surface area contributed by atoms with Crippen LogP contribution in [0.1, 0.15) is 22.3 Å². The number of nitriles is 1. The molecule has 3 aromatic rings. The van der Waals surface area contributed by atoms with Gasteiger partial charge in [0.05, 0.1) is 35.7 Å². The molecule has 0 bridgehead atoms. The molecule has 1 N–H and O–H groups in total. The zero-order valence-electron chi connectivity index (χ0n) is 18.3. The zero-order chi connectivity index (χ0) is 23.7. The number of carbonyl (C=O) groups is 2. The molecular weight excluding hydrogens is 438 g/mol. The first-order valence-electron chi connectivity index (χ1n) is 10.2. The molecule has 2 amide bonds. The maximum atomic E-state index is 13.6. The van der Waals surface area contributed by atoms with Gasteiger partial charge >= 0.3 is 0 Å². The normalized spacial score (nSPS) is 13.4. The van der Waals surface area contributed by atoms with Crippen molar-refractivity contribution in [2.45, 2.75) is 13.8 Å². The van der Waals surface area contributed by atoms with Crippen LogP contribution in [-0.4, -0.2) is 18.9 Å². The molecule has 7 heteroatoms. The molecule has 164 valence electrons. The maximum absolute atomic E-state index is 13.6. The van der Waals surface area contributed by atoms with E-state index in [2.05, 4.69) is 5.32 Å². The molecule has 0 aliphatic carbocycles. The lowest BCUT2D eigenvalue weighted by Crippen LogP contribution is -2.32. The topological polar surface area (TPSA) is 82.4 Å². The van der Waals surface area contributed by atoms with Gasteiger partial charge < -0.3 is 10.1 Å². The molecule has 0 atom stereocenters. The summed E-state index contributed by atoms with van der Waals surface area (Å²) < 4.78 is 5.40. The van der Waals surface area contributed by atoms with E-state index in [0.717, 1.165) is 16.0 Å². The Hall–Kier alpha value is -4.08. The van der Waals surface area contributed by atoms with E-state index in [4.69, 9.17) is 21.6 Å². The molecule has 1 aliphatic heterocycles. The molecule has 1 heterocycles. The summed E-state index contributed by atoms with van der Waals surface area (Å²) in [7, 11) is 1.51. The number of rotatable bonds is 5. The average Bonchev–Trinajstić information content (AvgIpc) is 3.05. The van der Waals surface area contributed by atoms with E-state index >= 15 is 0 Å². The lowest BCUT2D eigenvalue weighted by atomic mass is 9.99. The van der Waals surface area contributed by atoms with Crippen LogP contribution >= 0.6 is 11.6 Å². The van der Waals surface area contributed by atoms with Gasteiger partial charge in [0.2, 0.25) is 0 Å². The van der Waals surface area contributed by atoms with E-state index in [1.54, 1.807) is 42.5 Å². The summed E-state index contributed by atoms with van der Waals surface area (Å²) in [5, 5.41) is 12.6. The van der Waals surface area contributed by atoms with Crippen molar-refractivity contribution in [3.05, 3.63) is 93.6 Å². The Morgan fingerprint density at radius 3 is 2.30 bits per heavy atom. The lowest BCUT2D eigenvalue weighted by Gasteiger charge is -2.16. The van der Waals surface area contributed by atoms with Gasteiger partial charge in [-0.25, -0.2) is 4.90 Å². The number of nitrogens with zero attached hydrogens (tertiary/aromatic N) is 2. The quantitative estimate of drug-likeness (QED) is 0.530. The van der Waals surface area contributed by atoms with Gasteiger partial charge in [0, 0.05) is 5.02 Å². The number of methoxy groups -OCH3 is 1. The van der Waals surface area contributed by atoms with E-state index in [1.807, 2.05) is 38.1 Å². The first kappa shape index (κ1) is 22.1. The molecule has 0 radical (unpaired) electrons. The molecule has 6 nitrogen and oxygen atoms in total. The largest absolute Gasteiger partial charge is 0.495 e. The minimum Gasteiger partial charge on any atom is -0.495 e. The highest BCUT2D eigenvalue weighted by Crippen LogP contribution is 2.37. The summed E-state index contributed by atoms with van der Waals surface area (Å²) in [5.74, 6) is -0.500. The van der Waals surface area contributed by atoms with Crippen LogP contribution in [0.15, 0.2) is 66.4 Å². The van der Waals surface area contributed by atoms with E-state index in [1.165, 1.54) is 7.11 Å². The number of nitrogens with one attached hydrogen (secondary N) is 1. The van der Waals surface area contributed by atoms with Crippen LogP contribution in [0.4, 0.5) is 11.4 Å². The van der Waals surface area contributed by atoms with Crippen LogP contribution in [-0.2, 0) is 9.59 Å². The lowest BCUT2D eigenvalue weighted by molar-refractivity contribution is -0.120. The predicted octanol–water partition coefficient (Wildman–Crippen LogP) is 5.23. The summed E-state index contributed by atoms with van der Waals surface area (Å²) in [6, 6.07) is 18.9. The van der Waals surface area contributed by atoms with Gasteiger partial charge in [0.25, 0.3) is 11.8 Å². The van der Waals surface area contributed by atoms with Gasteiger partial charge in [-0.3, -0.25) is 9.59 Å². The van der Waals surface area contributed by atoms with Crippen LogP contribution in [0.2, 0.25) is 5.02 Å². The van der Waals surface area contributed by atoms with Crippen molar-refractivity contribution in [2.24, 2.45) is 0 Å². The smallest absolute Gasteiger partial charge is 0.282 e. The van der Waals surface area contributed by atoms with Crippen LogP contribution in [0.25, 0.3) is 5.57 Å². The first-order chi connectivity index (χ1) is 15.8. The fourth-order valence-corrected chi connectivity index (χ4v) is 3.81. The van der Waals surface area contributed by atoms with E-state index in [9.17, 15) is 9.59 Å². The van der Waals surface area contributed by atoms with E-state index in [-0.39, 0.29) is 11.3 Å². The molecule has 0 saturated carbocycles. The monoisotopic (exact) mass is 457 g/mol. The number of carbonyl (C=O) groups excluding carboxylic acids is 2. The van der Waals surface area contributed by atoms with Crippen molar-refractivity contribution in [2.75, 3.05) is 17.3 Å². The number of anilines is 2. The Balaban J connectivity index is 1.86. The van der Waals surface area contributed by atoms with Gasteiger partial charge in [-0.2, -0.15) is 5.26 Å². The van der Waals surface area contributed by atoms with Crippen molar-refractivity contribution in [1.29, 1.82) is 5.26 Å². The van der Waals surface area contributed by atoms with Crippen molar-refractivity contribution < 1.29 is 14.3 Å². The Kier molecular flexibility index (Phi) is 5.91. The second-order valence-electron chi connectivity index (χ2n) is 7.62. The summed E-state index contributed by atoms with van der Waals surface area (Å²) in [6.07, 6.45) is 0. The third kappa shape index (κ3) is 4.07. The molecule has 33 heavy (non-hydrogen) atoms. The summed E-state index contributed by atoms with van der Waals surface area (Å²) in [5.41, 5.74) is 4.33. The van der Waals surface area contributed by atoms with Crippen molar-refractivity contribution in [1.82, 2.24) is 0 Å². The van der Waals surface area contributed by atoms with Crippen molar-refractivity contribution in [3.63, 3.8) is 0 Å². The number of benzene rings is 3. The van der Waals surface area contributed by atoms with Gasteiger partial charge in [0.15, 0.2) is 0 Å². The Bertz CT molecular complexity index is 1350. The highest BCUT2D eigenvalue weighted by Gasteiger charge is 2.40. The minimum atomic E-state index is -0.514. The zero-order valence-corrected chi connectivity index (χ0v) is 19.0. The molecule has 1 aliphatic rings. The van der Waals surface area contributed by atoms with Gasteiger partial charge in [-0.05, 0) is 73.0 Å². The number of ether oxygens (including phenoxy) is 1. The third-order valence-corrected chi connectivity index (χ3v) is 5.79. The van der Waals surface area contributed by atoms with E-state index in [0.29, 0.717) is 33.3 Å². The Labute approximate surface area is 196 Å². The van der Waals surface area contributed by atoms with Crippen molar-refractivity contribution >= 4 is 40.4 Å². The van der Waals surface area contributed by atoms with Crippen molar-refractivity contribution in [3.8, 4) is 11.8 Å².